The van der Waals surface area contributed by atoms with E-state index in [0.29, 0.717) is 19.6 Å². The summed E-state index contributed by atoms with van der Waals surface area (Å²) in [6.07, 6.45) is 4.48. The molecule has 1 unspecified atom stereocenters. The SMILES string of the molecule is CCCn1cc(S(=O)(=O)N2CCCC(CN)C2)nc1C. The largest absolute Gasteiger partial charge is 0.334 e. The molecule has 1 aromatic heterocycles. The maximum atomic E-state index is 12.6. The van der Waals surface area contributed by atoms with E-state index in [2.05, 4.69) is 11.9 Å². The van der Waals surface area contributed by atoms with Gasteiger partial charge in [-0.15, -0.1) is 0 Å². The molecule has 1 aliphatic rings. The quantitative estimate of drug-likeness (QED) is 0.878. The van der Waals surface area contributed by atoms with E-state index >= 15 is 0 Å². The Hall–Kier alpha value is -0.920. The average molecular weight is 300 g/mol. The van der Waals surface area contributed by atoms with Gasteiger partial charge in [-0.05, 0) is 38.6 Å². The van der Waals surface area contributed by atoms with Gasteiger partial charge in [-0.1, -0.05) is 6.92 Å². The van der Waals surface area contributed by atoms with Gasteiger partial charge in [0.1, 0.15) is 5.82 Å². The van der Waals surface area contributed by atoms with Crippen molar-refractivity contribution in [2.75, 3.05) is 19.6 Å². The second-order valence-corrected chi connectivity index (χ2v) is 7.31. The van der Waals surface area contributed by atoms with Crippen LogP contribution < -0.4 is 5.73 Å². The van der Waals surface area contributed by atoms with E-state index in [0.717, 1.165) is 31.6 Å². The summed E-state index contributed by atoms with van der Waals surface area (Å²) < 4.78 is 28.7. The minimum atomic E-state index is -3.48. The van der Waals surface area contributed by atoms with Crippen molar-refractivity contribution in [3.8, 4) is 0 Å². The molecule has 1 atom stereocenters. The van der Waals surface area contributed by atoms with Crippen molar-refractivity contribution in [2.45, 2.75) is 44.7 Å². The minimum absolute atomic E-state index is 0.168. The van der Waals surface area contributed by atoms with E-state index in [-0.39, 0.29) is 10.9 Å². The van der Waals surface area contributed by atoms with Gasteiger partial charge >= 0.3 is 0 Å². The zero-order valence-electron chi connectivity index (χ0n) is 12.2. The molecule has 0 amide bonds. The third-order valence-electron chi connectivity index (χ3n) is 3.84. The van der Waals surface area contributed by atoms with Gasteiger partial charge < -0.3 is 10.3 Å². The van der Waals surface area contributed by atoms with E-state index in [1.165, 1.54) is 4.31 Å². The van der Waals surface area contributed by atoms with E-state index in [4.69, 9.17) is 5.73 Å². The molecule has 2 rings (SSSR count). The maximum Gasteiger partial charge on any atom is 0.262 e. The predicted molar refractivity (Wildman–Crippen MR) is 77.8 cm³/mol. The Labute approximate surface area is 121 Å². The predicted octanol–water partition coefficient (Wildman–Crippen LogP) is 0.961. The first-order chi connectivity index (χ1) is 9.48. The fourth-order valence-electron chi connectivity index (χ4n) is 2.64. The number of imidazole rings is 1. The second kappa shape index (κ2) is 6.24. The molecule has 1 fully saturated rings. The lowest BCUT2D eigenvalue weighted by atomic mass is 10.0. The smallest absolute Gasteiger partial charge is 0.262 e. The molecule has 20 heavy (non-hydrogen) atoms. The maximum absolute atomic E-state index is 12.6. The zero-order valence-corrected chi connectivity index (χ0v) is 13.1. The Morgan fingerprint density at radius 1 is 1.50 bits per heavy atom. The molecule has 7 heteroatoms. The molecule has 0 saturated carbocycles. The molecule has 0 spiro atoms. The van der Waals surface area contributed by atoms with Crippen LogP contribution >= 0.6 is 0 Å². The number of hydrogen-bond acceptors (Lipinski definition) is 4. The number of piperidine rings is 1. The van der Waals surface area contributed by atoms with Crippen LogP contribution in [-0.2, 0) is 16.6 Å². The highest BCUT2D eigenvalue weighted by molar-refractivity contribution is 7.89. The number of nitrogens with zero attached hydrogens (tertiary/aromatic N) is 3. The summed E-state index contributed by atoms with van der Waals surface area (Å²) >= 11 is 0. The van der Waals surface area contributed by atoms with Crippen molar-refractivity contribution in [3.63, 3.8) is 0 Å². The molecule has 0 bridgehead atoms. The minimum Gasteiger partial charge on any atom is -0.334 e. The topological polar surface area (TPSA) is 81.2 Å². The molecule has 2 heterocycles. The highest BCUT2D eigenvalue weighted by Crippen LogP contribution is 2.23. The number of aromatic nitrogens is 2. The third kappa shape index (κ3) is 3.05. The van der Waals surface area contributed by atoms with Crippen LogP contribution in [0.2, 0.25) is 0 Å². The fraction of sp³-hybridized carbons (Fsp3) is 0.769. The average Bonchev–Trinajstić information content (AvgIpc) is 2.81. The first-order valence-electron chi connectivity index (χ1n) is 7.23. The summed E-state index contributed by atoms with van der Waals surface area (Å²) in [7, 11) is -3.48. The monoisotopic (exact) mass is 300 g/mol. The van der Waals surface area contributed by atoms with Crippen LogP contribution in [0.3, 0.4) is 0 Å². The molecule has 1 aromatic rings. The van der Waals surface area contributed by atoms with Crippen molar-refractivity contribution in [1.29, 1.82) is 0 Å². The number of nitrogens with two attached hydrogens (primary N) is 1. The van der Waals surface area contributed by atoms with Crippen molar-refractivity contribution >= 4 is 10.0 Å². The lowest BCUT2D eigenvalue weighted by molar-refractivity contribution is 0.271. The van der Waals surface area contributed by atoms with Gasteiger partial charge in [-0.25, -0.2) is 13.4 Å². The molecular formula is C13H24N4O2S. The molecule has 0 aromatic carbocycles. The number of rotatable bonds is 5. The van der Waals surface area contributed by atoms with Gasteiger partial charge in [0.25, 0.3) is 10.0 Å². The molecule has 2 N–H and O–H groups in total. The van der Waals surface area contributed by atoms with Crippen LogP contribution in [0.25, 0.3) is 0 Å². The summed E-state index contributed by atoms with van der Waals surface area (Å²) in [6, 6.07) is 0. The molecule has 0 radical (unpaired) electrons. The number of sulfonamides is 1. The van der Waals surface area contributed by atoms with Crippen molar-refractivity contribution < 1.29 is 8.42 Å². The van der Waals surface area contributed by atoms with Crippen LogP contribution in [0.4, 0.5) is 0 Å². The molecule has 1 saturated heterocycles. The van der Waals surface area contributed by atoms with Gasteiger partial charge in [0.2, 0.25) is 0 Å². The number of hydrogen-bond donors (Lipinski definition) is 1. The fourth-order valence-corrected chi connectivity index (χ4v) is 4.19. The molecule has 1 aliphatic heterocycles. The number of aryl methyl sites for hydroxylation is 2. The van der Waals surface area contributed by atoms with Crippen LogP contribution in [0.5, 0.6) is 0 Å². The second-order valence-electron chi connectivity index (χ2n) is 5.43. The molecule has 6 nitrogen and oxygen atoms in total. The highest BCUT2D eigenvalue weighted by atomic mass is 32.2. The standard InChI is InChI=1S/C13H24N4O2S/c1-3-6-16-10-13(15-11(16)2)20(18,19)17-7-4-5-12(8-14)9-17/h10,12H,3-9,14H2,1-2H3. The van der Waals surface area contributed by atoms with Gasteiger partial charge in [-0.3, -0.25) is 0 Å². The van der Waals surface area contributed by atoms with Crippen LogP contribution in [0.1, 0.15) is 32.0 Å². The molecular weight excluding hydrogens is 276 g/mol. The Morgan fingerprint density at radius 2 is 2.25 bits per heavy atom. The Balaban J connectivity index is 2.23. The van der Waals surface area contributed by atoms with Gasteiger partial charge in [0.05, 0.1) is 0 Å². The first kappa shape index (κ1) is 15.5. The Morgan fingerprint density at radius 3 is 2.90 bits per heavy atom. The lowest BCUT2D eigenvalue weighted by Crippen LogP contribution is -2.42. The summed E-state index contributed by atoms with van der Waals surface area (Å²) in [5.74, 6) is 1.01. The summed E-state index contributed by atoms with van der Waals surface area (Å²) in [5.41, 5.74) is 5.67. The molecule has 0 aliphatic carbocycles. The molecule has 114 valence electrons. The zero-order chi connectivity index (χ0) is 14.8. The van der Waals surface area contributed by atoms with Crippen molar-refractivity contribution in [3.05, 3.63) is 12.0 Å². The third-order valence-corrected chi connectivity index (χ3v) is 5.57. The van der Waals surface area contributed by atoms with Gasteiger partial charge in [0, 0.05) is 25.8 Å². The highest BCUT2D eigenvalue weighted by Gasteiger charge is 2.31. The van der Waals surface area contributed by atoms with Gasteiger partial charge in [-0.2, -0.15) is 4.31 Å². The van der Waals surface area contributed by atoms with Crippen LogP contribution in [0.15, 0.2) is 11.2 Å². The summed E-state index contributed by atoms with van der Waals surface area (Å²) in [4.78, 5) is 4.23. The first-order valence-corrected chi connectivity index (χ1v) is 8.67. The summed E-state index contributed by atoms with van der Waals surface area (Å²) in [5, 5.41) is 0.168. The lowest BCUT2D eigenvalue weighted by Gasteiger charge is -2.30. The summed E-state index contributed by atoms with van der Waals surface area (Å²) in [6.45, 7) is 6.31. The normalized spacial score (nSPS) is 21.2. The van der Waals surface area contributed by atoms with Crippen LogP contribution in [-0.4, -0.2) is 41.9 Å². The van der Waals surface area contributed by atoms with E-state index in [9.17, 15) is 8.42 Å². The Kier molecular flexibility index (Phi) is 4.82. The van der Waals surface area contributed by atoms with E-state index in [1.807, 2.05) is 11.5 Å². The van der Waals surface area contributed by atoms with Crippen molar-refractivity contribution in [2.24, 2.45) is 11.7 Å². The van der Waals surface area contributed by atoms with Crippen molar-refractivity contribution in [1.82, 2.24) is 13.9 Å². The van der Waals surface area contributed by atoms with Gasteiger partial charge in [0.15, 0.2) is 5.03 Å². The van der Waals surface area contributed by atoms with Crippen LogP contribution in [0, 0.1) is 12.8 Å². The Bertz CT molecular complexity index is 553. The van der Waals surface area contributed by atoms with E-state index < -0.39 is 10.0 Å². The van der Waals surface area contributed by atoms with E-state index in [1.54, 1.807) is 6.20 Å².